The average Bonchev–Trinajstić information content (AvgIpc) is 2.73. The summed E-state index contributed by atoms with van der Waals surface area (Å²) in [6.45, 7) is 2.38. The van der Waals surface area contributed by atoms with Crippen LogP contribution in [0.2, 0.25) is 0 Å². The van der Waals surface area contributed by atoms with Crippen LogP contribution in [0.15, 0.2) is 84.0 Å². The van der Waals surface area contributed by atoms with Crippen LogP contribution in [-0.2, 0) is 0 Å². The molecule has 4 nitrogen and oxygen atoms in total. The molecule has 0 atom stereocenters. The fraction of sp³-hybridized carbons (Fsp3) is 0.0833. The van der Waals surface area contributed by atoms with Crippen LogP contribution in [0.1, 0.15) is 22.8 Å². The number of hydrogen-bond acceptors (Lipinski definition) is 3. The lowest BCUT2D eigenvalue weighted by molar-refractivity contribution is 0.0951. The number of carbonyl (C=O) groups excluding carboxylic acids is 1. The van der Waals surface area contributed by atoms with Crippen molar-refractivity contribution in [3.05, 3.63) is 90.0 Å². The summed E-state index contributed by atoms with van der Waals surface area (Å²) in [5.41, 5.74) is 4.07. The Labute approximate surface area is 163 Å². The highest BCUT2D eigenvalue weighted by molar-refractivity contribution is 6.13. The van der Waals surface area contributed by atoms with E-state index in [0.717, 1.165) is 27.1 Å². The molecule has 1 amide bonds. The molecule has 0 aliphatic rings. The molecule has 0 spiro atoms. The molecule has 4 heteroatoms. The molecule has 0 aliphatic heterocycles. The first-order valence-electron chi connectivity index (χ1n) is 9.23. The Morgan fingerprint density at radius 3 is 2.21 bits per heavy atom. The quantitative estimate of drug-likeness (QED) is 0.301. The molecule has 1 N–H and O–H groups in total. The second-order valence-electron chi connectivity index (χ2n) is 6.36. The summed E-state index contributed by atoms with van der Waals surface area (Å²) >= 11 is 0. The molecule has 0 saturated carbocycles. The van der Waals surface area contributed by atoms with E-state index in [9.17, 15) is 4.79 Å². The predicted octanol–water partition coefficient (Wildman–Crippen LogP) is 5.16. The minimum absolute atomic E-state index is 0.301. The minimum atomic E-state index is -0.301. The van der Waals surface area contributed by atoms with Gasteiger partial charge in [0.05, 0.1) is 18.4 Å². The third-order valence-electron chi connectivity index (χ3n) is 4.60. The van der Waals surface area contributed by atoms with Crippen LogP contribution in [0.5, 0.6) is 5.75 Å². The fourth-order valence-electron chi connectivity index (χ4n) is 3.34. The molecule has 28 heavy (non-hydrogen) atoms. The van der Waals surface area contributed by atoms with Gasteiger partial charge < -0.3 is 4.74 Å². The highest BCUT2D eigenvalue weighted by Crippen LogP contribution is 2.27. The minimum Gasteiger partial charge on any atom is -0.493 e. The molecular formula is C24H20N2O2. The van der Waals surface area contributed by atoms with Gasteiger partial charge in [-0.25, -0.2) is 5.43 Å². The molecular weight excluding hydrogens is 348 g/mol. The monoisotopic (exact) mass is 368 g/mol. The Hall–Kier alpha value is -3.66. The van der Waals surface area contributed by atoms with Crippen molar-refractivity contribution in [1.29, 1.82) is 0 Å². The summed E-state index contributed by atoms with van der Waals surface area (Å²) in [6.07, 6.45) is 1.71. The molecule has 0 aromatic heterocycles. The number of hydrogen-bond donors (Lipinski definition) is 1. The van der Waals surface area contributed by atoms with E-state index in [1.807, 2.05) is 37.3 Å². The second kappa shape index (κ2) is 7.92. The van der Waals surface area contributed by atoms with E-state index < -0.39 is 0 Å². The highest BCUT2D eigenvalue weighted by Gasteiger charge is 2.11. The van der Waals surface area contributed by atoms with E-state index in [1.54, 1.807) is 24.4 Å². The third-order valence-corrected chi connectivity index (χ3v) is 4.60. The summed E-state index contributed by atoms with van der Waals surface area (Å²) in [6, 6.07) is 25.7. The summed E-state index contributed by atoms with van der Waals surface area (Å²) in [4.78, 5) is 12.6. The average molecular weight is 368 g/mol. The third kappa shape index (κ3) is 3.45. The van der Waals surface area contributed by atoms with Crippen LogP contribution in [0.4, 0.5) is 0 Å². The molecule has 0 unspecified atom stereocenters. The number of fused-ring (bicyclic) bond motifs is 2. The van der Waals surface area contributed by atoms with Crippen LogP contribution < -0.4 is 10.2 Å². The molecule has 0 heterocycles. The van der Waals surface area contributed by atoms with Crippen molar-refractivity contribution in [3.63, 3.8) is 0 Å². The maximum atomic E-state index is 12.6. The smallest absolute Gasteiger partial charge is 0.275 e. The van der Waals surface area contributed by atoms with Gasteiger partial charge in [-0.15, -0.1) is 0 Å². The first kappa shape index (κ1) is 17.7. The van der Waals surface area contributed by atoms with Gasteiger partial charge in [-0.2, -0.15) is 5.10 Å². The van der Waals surface area contributed by atoms with E-state index in [-0.39, 0.29) is 5.91 Å². The number of carbonyl (C=O) groups is 1. The van der Waals surface area contributed by atoms with Gasteiger partial charge in [0.25, 0.3) is 5.91 Å². The van der Waals surface area contributed by atoms with E-state index in [0.29, 0.717) is 17.9 Å². The zero-order chi connectivity index (χ0) is 19.3. The predicted molar refractivity (Wildman–Crippen MR) is 114 cm³/mol. The van der Waals surface area contributed by atoms with Crippen LogP contribution in [0.25, 0.3) is 21.5 Å². The van der Waals surface area contributed by atoms with Gasteiger partial charge in [-0.1, -0.05) is 60.7 Å². The summed E-state index contributed by atoms with van der Waals surface area (Å²) in [7, 11) is 0. The van der Waals surface area contributed by atoms with Gasteiger partial charge in [0.2, 0.25) is 0 Å². The number of nitrogens with one attached hydrogen (secondary N) is 1. The molecule has 0 radical (unpaired) electrons. The number of benzene rings is 4. The van der Waals surface area contributed by atoms with Crippen LogP contribution in [-0.4, -0.2) is 18.7 Å². The molecule has 4 rings (SSSR count). The van der Waals surface area contributed by atoms with Gasteiger partial charge >= 0.3 is 0 Å². The van der Waals surface area contributed by atoms with E-state index in [2.05, 4.69) is 40.9 Å². The van der Waals surface area contributed by atoms with Crippen molar-refractivity contribution >= 4 is 33.7 Å². The van der Waals surface area contributed by atoms with Gasteiger partial charge in [-0.3, -0.25) is 4.79 Å². The van der Waals surface area contributed by atoms with Gasteiger partial charge in [0, 0.05) is 5.56 Å². The normalized spacial score (nSPS) is 11.2. The number of para-hydroxylation sites is 1. The fourth-order valence-corrected chi connectivity index (χ4v) is 3.34. The maximum absolute atomic E-state index is 12.6. The Kier molecular flexibility index (Phi) is 5.02. The lowest BCUT2D eigenvalue weighted by Crippen LogP contribution is -2.18. The lowest BCUT2D eigenvalue weighted by Gasteiger charge is -2.09. The largest absolute Gasteiger partial charge is 0.493 e. The summed E-state index contributed by atoms with van der Waals surface area (Å²) in [5.74, 6) is 0.248. The van der Waals surface area contributed by atoms with Gasteiger partial charge in [0.1, 0.15) is 5.75 Å². The number of rotatable bonds is 5. The molecule has 138 valence electrons. The SMILES string of the molecule is CCOc1ccccc1C(=O)N/N=C/c1c2ccccc2cc2ccccc12. The Morgan fingerprint density at radius 1 is 0.929 bits per heavy atom. The van der Waals surface area contributed by atoms with Crippen LogP contribution in [0.3, 0.4) is 0 Å². The van der Waals surface area contributed by atoms with E-state index >= 15 is 0 Å². The lowest BCUT2D eigenvalue weighted by atomic mass is 9.97. The van der Waals surface area contributed by atoms with Crippen molar-refractivity contribution in [2.24, 2.45) is 5.10 Å². The topological polar surface area (TPSA) is 50.7 Å². The number of amides is 1. The van der Waals surface area contributed by atoms with E-state index in [1.165, 1.54) is 0 Å². The van der Waals surface area contributed by atoms with Crippen molar-refractivity contribution in [2.45, 2.75) is 6.92 Å². The van der Waals surface area contributed by atoms with Gasteiger partial charge in [-0.05, 0) is 46.7 Å². The molecule has 0 fully saturated rings. The Balaban J connectivity index is 1.68. The zero-order valence-electron chi connectivity index (χ0n) is 15.6. The van der Waals surface area contributed by atoms with Crippen molar-refractivity contribution < 1.29 is 9.53 Å². The maximum Gasteiger partial charge on any atom is 0.275 e. The second-order valence-corrected chi connectivity index (χ2v) is 6.36. The standard InChI is InChI=1S/C24H20N2O2/c1-2-28-23-14-8-7-13-21(23)24(27)26-25-16-22-19-11-5-3-9-17(19)15-18-10-4-6-12-20(18)22/h3-16H,2H2,1H3,(H,26,27)/b25-16+. The zero-order valence-corrected chi connectivity index (χ0v) is 15.6. The molecule has 0 aliphatic carbocycles. The number of nitrogens with zero attached hydrogens (tertiary/aromatic N) is 1. The summed E-state index contributed by atoms with van der Waals surface area (Å²) in [5, 5.41) is 8.69. The molecule has 4 aromatic carbocycles. The van der Waals surface area contributed by atoms with E-state index in [4.69, 9.17) is 4.74 Å². The van der Waals surface area contributed by atoms with Gasteiger partial charge in [0.15, 0.2) is 0 Å². The van der Waals surface area contributed by atoms with Crippen molar-refractivity contribution in [3.8, 4) is 5.75 Å². The first-order chi connectivity index (χ1) is 13.8. The number of hydrazone groups is 1. The molecule has 0 saturated heterocycles. The Bertz CT molecular complexity index is 1130. The molecule has 4 aromatic rings. The highest BCUT2D eigenvalue weighted by atomic mass is 16.5. The molecule has 0 bridgehead atoms. The first-order valence-corrected chi connectivity index (χ1v) is 9.23. The van der Waals surface area contributed by atoms with Crippen LogP contribution >= 0.6 is 0 Å². The van der Waals surface area contributed by atoms with Crippen molar-refractivity contribution in [2.75, 3.05) is 6.61 Å². The number of ether oxygens (including phenoxy) is 1. The Morgan fingerprint density at radius 2 is 1.54 bits per heavy atom. The summed E-state index contributed by atoms with van der Waals surface area (Å²) < 4.78 is 5.53. The van der Waals surface area contributed by atoms with Crippen LogP contribution in [0, 0.1) is 0 Å². The van der Waals surface area contributed by atoms with Crippen molar-refractivity contribution in [1.82, 2.24) is 5.43 Å².